The van der Waals surface area contributed by atoms with E-state index in [-0.39, 0.29) is 30.0 Å². The molecule has 0 unspecified atom stereocenters. The molecular weight excluding hydrogens is 496 g/mol. The molecule has 8 heteroatoms. The van der Waals surface area contributed by atoms with Crippen LogP contribution in [0.25, 0.3) is 11.0 Å². The molecule has 1 saturated carbocycles. The van der Waals surface area contributed by atoms with Crippen molar-refractivity contribution in [3.8, 4) is 5.75 Å². The highest BCUT2D eigenvalue weighted by molar-refractivity contribution is 5.85. The van der Waals surface area contributed by atoms with Crippen LogP contribution in [0.4, 0.5) is 0 Å². The summed E-state index contributed by atoms with van der Waals surface area (Å²) in [5, 5.41) is 14.6. The van der Waals surface area contributed by atoms with E-state index in [0.29, 0.717) is 49.4 Å². The molecule has 1 saturated heterocycles. The van der Waals surface area contributed by atoms with Crippen LogP contribution in [0.5, 0.6) is 5.75 Å². The number of benzene rings is 1. The quantitative estimate of drug-likeness (QED) is 0.300. The van der Waals surface area contributed by atoms with Crippen molar-refractivity contribution in [2.45, 2.75) is 96.5 Å². The van der Waals surface area contributed by atoms with Gasteiger partial charge >= 0.3 is 5.63 Å². The smallest absolute Gasteiger partial charge is 0.336 e. The molecule has 1 aromatic heterocycles. The molecule has 2 atom stereocenters. The summed E-state index contributed by atoms with van der Waals surface area (Å²) >= 11 is 0. The Morgan fingerprint density at radius 3 is 2.85 bits per heavy atom. The van der Waals surface area contributed by atoms with Crippen molar-refractivity contribution in [1.29, 1.82) is 0 Å². The number of aryl methyl sites for hydroxylation is 2. The van der Waals surface area contributed by atoms with Crippen molar-refractivity contribution in [3.05, 3.63) is 39.7 Å². The number of hydrogen-bond donors (Lipinski definition) is 2. The van der Waals surface area contributed by atoms with Crippen molar-refractivity contribution in [2.24, 2.45) is 5.92 Å². The third-order valence-corrected chi connectivity index (χ3v) is 8.53. The van der Waals surface area contributed by atoms with Gasteiger partial charge in [-0.3, -0.25) is 9.59 Å². The van der Waals surface area contributed by atoms with E-state index < -0.39 is 5.60 Å². The predicted molar refractivity (Wildman–Crippen MR) is 151 cm³/mol. The molecule has 2 N–H and O–H groups in total. The molecule has 4 rings (SSSR count). The fourth-order valence-electron chi connectivity index (χ4n) is 6.09. The third-order valence-electron chi connectivity index (χ3n) is 8.53. The highest BCUT2D eigenvalue weighted by atomic mass is 16.5. The number of fused-ring (bicyclic) bond motifs is 2. The maximum Gasteiger partial charge on any atom is 0.336 e. The highest BCUT2D eigenvalue weighted by Crippen LogP contribution is 2.40. The lowest BCUT2D eigenvalue weighted by Gasteiger charge is -2.47. The number of hydrogen-bond acceptors (Lipinski definition) is 6. The minimum atomic E-state index is -0.558. The predicted octanol–water partition coefficient (Wildman–Crippen LogP) is 4.65. The van der Waals surface area contributed by atoms with Gasteiger partial charge in [-0.25, -0.2) is 4.79 Å². The molecule has 2 amide bonds. The van der Waals surface area contributed by atoms with Gasteiger partial charge in [0.1, 0.15) is 11.3 Å². The minimum Gasteiger partial charge on any atom is -0.483 e. The summed E-state index contributed by atoms with van der Waals surface area (Å²) in [7, 11) is 0. The second-order valence-corrected chi connectivity index (χ2v) is 11.3. The molecule has 8 nitrogen and oxygen atoms in total. The summed E-state index contributed by atoms with van der Waals surface area (Å²) < 4.78 is 11.2. The highest BCUT2D eigenvalue weighted by Gasteiger charge is 2.43. The number of nitrogens with one attached hydrogen (secondary N) is 1. The zero-order chi connectivity index (χ0) is 27.8. The lowest BCUT2D eigenvalue weighted by Crippen LogP contribution is -2.54. The van der Waals surface area contributed by atoms with Crippen LogP contribution in [0.2, 0.25) is 0 Å². The van der Waals surface area contributed by atoms with Crippen LogP contribution in [-0.4, -0.2) is 53.7 Å². The van der Waals surface area contributed by atoms with Crippen molar-refractivity contribution in [3.63, 3.8) is 0 Å². The number of nitrogens with zero attached hydrogens (tertiary/aromatic N) is 1. The van der Waals surface area contributed by atoms with E-state index in [0.717, 1.165) is 75.2 Å². The molecule has 0 radical (unpaired) electrons. The Morgan fingerprint density at radius 1 is 1.18 bits per heavy atom. The maximum absolute atomic E-state index is 12.7. The molecule has 2 heterocycles. The number of amides is 2. The fraction of sp³-hybridized carbons (Fsp3) is 0.645. The topological polar surface area (TPSA) is 109 Å². The zero-order valence-corrected chi connectivity index (χ0v) is 23.6. The molecule has 1 aromatic carbocycles. The van der Waals surface area contributed by atoms with Crippen LogP contribution in [0.3, 0.4) is 0 Å². The second kappa shape index (κ2) is 13.5. The van der Waals surface area contributed by atoms with Crippen molar-refractivity contribution in [1.82, 2.24) is 10.2 Å². The Labute approximate surface area is 231 Å². The van der Waals surface area contributed by atoms with Crippen molar-refractivity contribution in [2.75, 3.05) is 26.2 Å². The number of unbranched alkanes of at least 4 members (excludes halogenated alkanes) is 3. The Hall–Kier alpha value is -2.87. The van der Waals surface area contributed by atoms with Crippen LogP contribution >= 0.6 is 0 Å². The minimum absolute atomic E-state index is 0.118. The molecule has 0 bridgehead atoms. The largest absolute Gasteiger partial charge is 0.483 e. The molecular formula is C31H44N2O6. The van der Waals surface area contributed by atoms with E-state index >= 15 is 0 Å². The number of carbonyl (C=O) groups excluding carboxylic acids is 2. The standard InChI is InChI=1S/C31H44N2O6/c1-3-4-10-23-19-29(36)39-30-22(2)26(14-13-25(23)30)38-21-27(34)32-17-9-5-6-12-28(35)33-18-16-31(37)15-8-7-11-24(31)20-33/h13-14,19,24,37H,3-12,15-18,20-21H2,1-2H3,(H,32,34)/t24-,31+/m0/s1. The van der Waals surface area contributed by atoms with Gasteiger partial charge in [-0.05, 0) is 69.6 Å². The Kier molecular flexibility index (Phi) is 10.1. The van der Waals surface area contributed by atoms with Crippen LogP contribution < -0.4 is 15.7 Å². The summed E-state index contributed by atoms with van der Waals surface area (Å²) in [6.07, 6.45) is 10.6. The Balaban J connectivity index is 1.15. The summed E-state index contributed by atoms with van der Waals surface area (Å²) in [4.78, 5) is 39.0. The molecule has 214 valence electrons. The second-order valence-electron chi connectivity index (χ2n) is 11.3. The third kappa shape index (κ3) is 7.41. The number of ether oxygens (including phenoxy) is 1. The van der Waals surface area contributed by atoms with E-state index in [1.165, 1.54) is 0 Å². The first-order valence-corrected chi connectivity index (χ1v) is 14.8. The van der Waals surface area contributed by atoms with E-state index in [9.17, 15) is 19.5 Å². The lowest BCUT2D eigenvalue weighted by molar-refractivity contribution is -0.143. The fourth-order valence-corrected chi connectivity index (χ4v) is 6.09. The monoisotopic (exact) mass is 540 g/mol. The summed E-state index contributed by atoms with van der Waals surface area (Å²) in [5.41, 5.74) is 1.27. The summed E-state index contributed by atoms with van der Waals surface area (Å²) in [6, 6.07) is 5.28. The number of piperidine rings is 1. The van der Waals surface area contributed by atoms with Crippen molar-refractivity contribution >= 4 is 22.8 Å². The number of aliphatic hydroxyl groups is 1. The summed E-state index contributed by atoms with van der Waals surface area (Å²) in [5.74, 6) is 0.717. The molecule has 2 fully saturated rings. The number of rotatable bonds is 12. The van der Waals surface area contributed by atoms with Crippen LogP contribution in [-0.2, 0) is 16.0 Å². The Morgan fingerprint density at radius 2 is 2.03 bits per heavy atom. The van der Waals surface area contributed by atoms with Gasteiger partial charge in [0.2, 0.25) is 5.91 Å². The average molecular weight is 541 g/mol. The molecule has 39 heavy (non-hydrogen) atoms. The van der Waals surface area contributed by atoms with Crippen molar-refractivity contribution < 1.29 is 23.8 Å². The van der Waals surface area contributed by atoms with Crippen LogP contribution in [0, 0.1) is 12.8 Å². The molecule has 2 aromatic rings. The van der Waals surface area contributed by atoms with Gasteiger partial charge in [0.25, 0.3) is 5.91 Å². The molecule has 1 aliphatic carbocycles. The maximum atomic E-state index is 12.7. The normalized spacial score (nSPS) is 21.0. The Bertz CT molecular complexity index is 1210. The van der Waals surface area contributed by atoms with E-state index in [2.05, 4.69) is 12.2 Å². The number of carbonyl (C=O) groups is 2. The van der Waals surface area contributed by atoms with Gasteiger partial charge in [0.15, 0.2) is 6.61 Å². The van der Waals surface area contributed by atoms with Gasteiger partial charge in [0.05, 0.1) is 5.60 Å². The van der Waals surface area contributed by atoms with E-state index in [1.54, 1.807) is 6.07 Å². The first-order chi connectivity index (χ1) is 18.8. The van der Waals surface area contributed by atoms with Crippen LogP contribution in [0.15, 0.2) is 27.4 Å². The van der Waals surface area contributed by atoms with Crippen LogP contribution in [0.1, 0.15) is 88.7 Å². The average Bonchev–Trinajstić information content (AvgIpc) is 2.92. The van der Waals surface area contributed by atoms with E-state index in [4.69, 9.17) is 9.15 Å². The molecule has 0 spiro atoms. The SMILES string of the molecule is CCCCc1cc(=O)oc2c(C)c(OCC(=O)NCCCCCC(=O)N3CC[C@]4(O)CCCC[C@H]4C3)ccc12. The van der Waals surface area contributed by atoms with Gasteiger partial charge in [-0.2, -0.15) is 0 Å². The van der Waals surface area contributed by atoms with Gasteiger partial charge in [0, 0.05) is 49.0 Å². The van der Waals surface area contributed by atoms with E-state index in [1.807, 2.05) is 24.0 Å². The lowest BCUT2D eigenvalue weighted by atomic mass is 9.71. The van der Waals surface area contributed by atoms with Gasteiger partial charge in [-0.15, -0.1) is 0 Å². The molecule has 2 aliphatic rings. The zero-order valence-electron chi connectivity index (χ0n) is 23.6. The first kappa shape index (κ1) is 29.1. The van der Waals surface area contributed by atoms with Gasteiger partial charge in [-0.1, -0.05) is 32.6 Å². The first-order valence-electron chi connectivity index (χ1n) is 14.8. The molecule has 1 aliphatic heterocycles. The summed E-state index contributed by atoms with van der Waals surface area (Å²) in [6.45, 7) is 5.71. The van der Waals surface area contributed by atoms with Gasteiger partial charge < -0.3 is 24.5 Å². The number of likely N-dealkylation sites (tertiary alicyclic amines) is 1.